The highest BCUT2D eigenvalue weighted by Crippen LogP contribution is 2.43. The Labute approximate surface area is 130 Å². The van der Waals surface area contributed by atoms with E-state index in [0.29, 0.717) is 0 Å². The van der Waals surface area contributed by atoms with Crippen LogP contribution in [0.2, 0.25) is 0 Å². The van der Waals surface area contributed by atoms with Gasteiger partial charge < -0.3 is 10.1 Å². The third-order valence-corrected chi connectivity index (χ3v) is 5.49. The number of anilines is 1. The second-order valence-electron chi connectivity index (χ2n) is 5.39. The Kier molecular flexibility index (Phi) is 3.90. The van der Waals surface area contributed by atoms with Crippen molar-refractivity contribution in [2.75, 3.05) is 19.0 Å². The number of benzene rings is 1. The average molecular weight is 387 g/mol. The van der Waals surface area contributed by atoms with Gasteiger partial charge in [0.05, 0.1) is 17.3 Å². The summed E-state index contributed by atoms with van der Waals surface area (Å²) >= 11 is 7.09. The minimum absolute atomic E-state index is 0.775. The van der Waals surface area contributed by atoms with E-state index in [0.717, 1.165) is 44.7 Å². The smallest absolute Gasteiger partial charge is 0.135 e. The second-order valence-corrected chi connectivity index (χ2v) is 7.10. The third-order valence-electron chi connectivity index (χ3n) is 4.21. The standard InChI is InChI=1S/C15H17Br2NO/c1-19-15-7-14(12(16)6-13(15)17)18-8-11-5-9-2-3-10(11)4-9/h2-3,6-7,9-11,18H,4-5,8H2,1H3. The van der Waals surface area contributed by atoms with Crippen LogP contribution in [0.3, 0.4) is 0 Å². The molecule has 0 spiro atoms. The lowest BCUT2D eigenvalue weighted by Gasteiger charge is -2.20. The Bertz CT molecular complexity index is 515. The molecule has 3 unspecified atom stereocenters. The summed E-state index contributed by atoms with van der Waals surface area (Å²) in [4.78, 5) is 0. The lowest BCUT2D eigenvalue weighted by atomic mass is 9.93. The number of methoxy groups -OCH3 is 1. The third kappa shape index (κ3) is 2.70. The molecule has 0 aliphatic heterocycles. The first-order valence-electron chi connectivity index (χ1n) is 6.62. The fourth-order valence-corrected chi connectivity index (χ4v) is 4.49. The van der Waals surface area contributed by atoms with Gasteiger partial charge in [-0.1, -0.05) is 12.2 Å². The number of hydrogen-bond donors (Lipinski definition) is 1. The van der Waals surface area contributed by atoms with Crippen LogP contribution >= 0.6 is 31.9 Å². The Morgan fingerprint density at radius 2 is 2.05 bits per heavy atom. The molecule has 3 atom stereocenters. The molecule has 102 valence electrons. The van der Waals surface area contributed by atoms with Crippen LogP contribution in [0.4, 0.5) is 5.69 Å². The number of fused-ring (bicyclic) bond motifs is 2. The molecule has 1 fully saturated rings. The molecular weight excluding hydrogens is 370 g/mol. The highest BCUT2D eigenvalue weighted by Gasteiger charge is 2.35. The molecule has 3 rings (SSSR count). The molecule has 0 amide bonds. The maximum Gasteiger partial charge on any atom is 0.135 e. The second kappa shape index (κ2) is 5.49. The number of ether oxygens (including phenoxy) is 1. The molecule has 2 nitrogen and oxygen atoms in total. The van der Waals surface area contributed by atoms with Crippen LogP contribution in [0.15, 0.2) is 33.2 Å². The van der Waals surface area contributed by atoms with E-state index in [-0.39, 0.29) is 0 Å². The van der Waals surface area contributed by atoms with Gasteiger partial charge in [0.1, 0.15) is 5.75 Å². The first-order valence-corrected chi connectivity index (χ1v) is 8.21. The Morgan fingerprint density at radius 1 is 1.21 bits per heavy atom. The zero-order valence-corrected chi connectivity index (χ0v) is 14.0. The summed E-state index contributed by atoms with van der Waals surface area (Å²) in [5.74, 6) is 3.25. The number of nitrogens with one attached hydrogen (secondary N) is 1. The maximum atomic E-state index is 5.34. The van der Waals surface area contributed by atoms with Gasteiger partial charge in [-0.05, 0) is 68.5 Å². The topological polar surface area (TPSA) is 21.3 Å². The molecule has 1 N–H and O–H groups in total. The molecule has 2 aliphatic carbocycles. The van der Waals surface area contributed by atoms with Crippen LogP contribution in [-0.2, 0) is 0 Å². The van der Waals surface area contributed by atoms with Crippen molar-refractivity contribution in [1.82, 2.24) is 0 Å². The van der Waals surface area contributed by atoms with Crippen molar-refractivity contribution >= 4 is 37.5 Å². The van der Waals surface area contributed by atoms with Crippen LogP contribution in [0.25, 0.3) is 0 Å². The van der Waals surface area contributed by atoms with Crippen LogP contribution < -0.4 is 10.1 Å². The van der Waals surface area contributed by atoms with Crippen molar-refractivity contribution in [3.05, 3.63) is 33.2 Å². The Hall–Kier alpha value is -0.480. The van der Waals surface area contributed by atoms with Crippen molar-refractivity contribution in [3.8, 4) is 5.75 Å². The van der Waals surface area contributed by atoms with Gasteiger partial charge in [-0.3, -0.25) is 0 Å². The Balaban J connectivity index is 1.68. The van der Waals surface area contributed by atoms with Gasteiger partial charge in [0.25, 0.3) is 0 Å². The van der Waals surface area contributed by atoms with Gasteiger partial charge in [-0.2, -0.15) is 0 Å². The van der Waals surface area contributed by atoms with Gasteiger partial charge in [-0.15, -0.1) is 0 Å². The van der Waals surface area contributed by atoms with Crippen LogP contribution in [0.1, 0.15) is 12.8 Å². The van der Waals surface area contributed by atoms with Crippen molar-refractivity contribution in [3.63, 3.8) is 0 Å². The summed E-state index contributed by atoms with van der Waals surface area (Å²) in [6.45, 7) is 1.04. The summed E-state index contributed by atoms with van der Waals surface area (Å²) in [5, 5.41) is 3.56. The average Bonchev–Trinajstić information content (AvgIpc) is 3.00. The van der Waals surface area contributed by atoms with Gasteiger partial charge in [-0.25, -0.2) is 0 Å². The number of halogens is 2. The van der Waals surface area contributed by atoms with E-state index < -0.39 is 0 Å². The lowest BCUT2D eigenvalue weighted by molar-refractivity contribution is 0.412. The zero-order chi connectivity index (χ0) is 13.4. The predicted octanol–water partition coefficient (Wildman–Crippen LogP) is 4.84. The molecule has 1 aromatic carbocycles. The minimum Gasteiger partial charge on any atom is -0.495 e. The highest BCUT2D eigenvalue weighted by atomic mass is 79.9. The highest BCUT2D eigenvalue weighted by molar-refractivity contribution is 9.11. The molecule has 2 aliphatic rings. The zero-order valence-electron chi connectivity index (χ0n) is 10.8. The maximum absolute atomic E-state index is 5.34. The summed E-state index contributed by atoms with van der Waals surface area (Å²) in [6, 6.07) is 4.07. The first-order chi connectivity index (χ1) is 9.17. The normalized spacial score (nSPS) is 27.8. The van der Waals surface area contributed by atoms with E-state index in [1.54, 1.807) is 7.11 Å². The van der Waals surface area contributed by atoms with Gasteiger partial charge in [0.15, 0.2) is 0 Å². The van der Waals surface area contributed by atoms with E-state index in [1.165, 1.54) is 12.8 Å². The fourth-order valence-electron chi connectivity index (χ4n) is 3.19. The monoisotopic (exact) mass is 385 g/mol. The van der Waals surface area contributed by atoms with Crippen LogP contribution in [0, 0.1) is 17.8 Å². The molecule has 0 heterocycles. The predicted molar refractivity (Wildman–Crippen MR) is 85.7 cm³/mol. The van der Waals surface area contributed by atoms with E-state index in [1.807, 2.05) is 12.1 Å². The molecule has 0 saturated heterocycles. The molecule has 1 saturated carbocycles. The fraction of sp³-hybridized carbons (Fsp3) is 0.467. The molecule has 19 heavy (non-hydrogen) atoms. The van der Waals surface area contributed by atoms with Crippen molar-refractivity contribution < 1.29 is 4.74 Å². The van der Waals surface area contributed by atoms with Crippen molar-refractivity contribution in [2.45, 2.75) is 12.8 Å². The van der Waals surface area contributed by atoms with Crippen molar-refractivity contribution in [1.29, 1.82) is 0 Å². The summed E-state index contributed by atoms with van der Waals surface area (Å²) in [5.41, 5.74) is 1.10. The summed E-state index contributed by atoms with van der Waals surface area (Å²) in [7, 11) is 1.69. The van der Waals surface area contributed by atoms with E-state index in [2.05, 4.69) is 49.3 Å². The molecule has 1 aromatic rings. The van der Waals surface area contributed by atoms with Gasteiger partial charge in [0.2, 0.25) is 0 Å². The van der Waals surface area contributed by atoms with Gasteiger partial charge in [0, 0.05) is 17.1 Å². The molecular formula is C15H17Br2NO. The number of rotatable bonds is 4. The summed E-state index contributed by atoms with van der Waals surface area (Å²) < 4.78 is 7.38. The van der Waals surface area contributed by atoms with E-state index >= 15 is 0 Å². The quantitative estimate of drug-likeness (QED) is 0.747. The van der Waals surface area contributed by atoms with Gasteiger partial charge >= 0.3 is 0 Å². The SMILES string of the molecule is COc1cc(NCC2CC3C=CC2C3)c(Br)cc1Br. The molecule has 0 aromatic heterocycles. The van der Waals surface area contributed by atoms with Crippen LogP contribution in [-0.4, -0.2) is 13.7 Å². The first kappa shape index (κ1) is 13.5. The van der Waals surface area contributed by atoms with Crippen LogP contribution in [0.5, 0.6) is 5.75 Å². The van der Waals surface area contributed by atoms with E-state index in [4.69, 9.17) is 4.74 Å². The minimum atomic E-state index is 0.775. The summed E-state index contributed by atoms with van der Waals surface area (Å²) in [6.07, 6.45) is 7.48. The molecule has 2 bridgehead atoms. The van der Waals surface area contributed by atoms with E-state index in [9.17, 15) is 0 Å². The largest absolute Gasteiger partial charge is 0.495 e. The number of hydrogen-bond acceptors (Lipinski definition) is 2. The molecule has 0 radical (unpaired) electrons. The molecule has 4 heteroatoms. The number of allylic oxidation sites excluding steroid dienone is 2. The Morgan fingerprint density at radius 3 is 2.68 bits per heavy atom. The lowest BCUT2D eigenvalue weighted by Crippen LogP contribution is -2.18. The van der Waals surface area contributed by atoms with Crippen molar-refractivity contribution in [2.24, 2.45) is 17.8 Å².